The number of sulfonamides is 1. The molecule has 29 heavy (non-hydrogen) atoms. The Morgan fingerprint density at radius 3 is 2.59 bits per heavy atom. The summed E-state index contributed by atoms with van der Waals surface area (Å²) in [4.78, 5) is 3.30. The van der Waals surface area contributed by atoms with Crippen LogP contribution in [-0.2, 0) is 22.9 Å². The predicted octanol–water partition coefficient (Wildman–Crippen LogP) is 3.68. The van der Waals surface area contributed by atoms with E-state index in [0.29, 0.717) is 30.9 Å². The molecule has 0 spiro atoms. The molecule has 0 bridgehead atoms. The van der Waals surface area contributed by atoms with Gasteiger partial charge >= 0.3 is 0 Å². The van der Waals surface area contributed by atoms with Crippen molar-refractivity contribution in [3.05, 3.63) is 59.3 Å². The third kappa shape index (κ3) is 3.72. The van der Waals surface area contributed by atoms with Crippen molar-refractivity contribution >= 4 is 20.9 Å². The van der Waals surface area contributed by atoms with Crippen molar-refractivity contribution in [2.45, 2.75) is 25.3 Å². The lowest BCUT2D eigenvalue weighted by molar-refractivity contribution is 0.292. The van der Waals surface area contributed by atoms with Crippen molar-refractivity contribution in [2.24, 2.45) is 0 Å². The average Bonchev–Trinajstić information content (AvgIpc) is 3.13. The van der Waals surface area contributed by atoms with Crippen LogP contribution in [0.3, 0.4) is 0 Å². The molecule has 0 fully saturated rings. The summed E-state index contributed by atoms with van der Waals surface area (Å²) in [5.41, 5.74) is 4.41. The summed E-state index contributed by atoms with van der Waals surface area (Å²) < 4.78 is 37.6. The molecule has 1 unspecified atom stereocenters. The molecule has 0 radical (unpaired) electrons. The molecule has 154 valence electrons. The molecule has 0 saturated carbocycles. The van der Waals surface area contributed by atoms with Crippen LogP contribution in [0.15, 0.2) is 42.6 Å². The van der Waals surface area contributed by atoms with Crippen LogP contribution < -0.4 is 9.47 Å². The molecule has 1 aliphatic rings. The van der Waals surface area contributed by atoms with Crippen LogP contribution in [-0.4, -0.2) is 44.7 Å². The minimum atomic E-state index is -3.33. The summed E-state index contributed by atoms with van der Waals surface area (Å²) in [7, 11) is -0.118. The zero-order valence-corrected chi connectivity index (χ0v) is 17.8. The van der Waals surface area contributed by atoms with E-state index in [0.717, 1.165) is 23.1 Å². The van der Waals surface area contributed by atoms with Gasteiger partial charge in [0.2, 0.25) is 10.0 Å². The van der Waals surface area contributed by atoms with Crippen molar-refractivity contribution in [3.63, 3.8) is 0 Å². The summed E-state index contributed by atoms with van der Waals surface area (Å²) in [6, 6.07) is 11.9. The molecule has 1 aliphatic heterocycles. The van der Waals surface area contributed by atoms with Gasteiger partial charge in [-0.25, -0.2) is 8.42 Å². The standard InChI is InChI=1S/C22H26N2O4S/c1-27-21-12-15-10-11-24(29(3,25)26)20(18(15)13-22(21)28-2)9-8-16-14-23-19-7-5-4-6-17(16)19/h4-7,12-14,20,23H,8-11H2,1-3H3. The number of ether oxygens (including phenoxy) is 2. The highest BCUT2D eigenvalue weighted by molar-refractivity contribution is 7.88. The summed E-state index contributed by atoms with van der Waals surface area (Å²) in [5.74, 6) is 1.30. The maximum absolute atomic E-state index is 12.5. The highest BCUT2D eigenvalue weighted by atomic mass is 32.2. The number of para-hydroxylation sites is 1. The second kappa shape index (κ2) is 7.72. The molecule has 1 N–H and O–H groups in total. The van der Waals surface area contributed by atoms with Crippen LogP contribution in [0, 0.1) is 0 Å². The Bertz CT molecular complexity index is 1140. The van der Waals surface area contributed by atoms with Crippen LogP contribution in [0.2, 0.25) is 0 Å². The number of H-pyrrole nitrogens is 1. The SMILES string of the molecule is COc1cc2c(cc1OC)C(CCc1c[nH]c3ccccc13)N(S(C)(=O)=O)CC2. The fourth-order valence-corrected chi connectivity index (χ4v) is 5.44. The zero-order chi connectivity index (χ0) is 20.6. The first-order chi connectivity index (χ1) is 13.9. The van der Waals surface area contributed by atoms with Crippen molar-refractivity contribution in [2.75, 3.05) is 27.0 Å². The van der Waals surface area contributed by atoms with E-state index >= 15 is 0 Å². The first-order valence-corrected chi connectivity index (χ1v) is 11.5. The molecule has 1 atom stereocenters. The van der Waals surface area contributed by atoms with Crippen LogP contribution >= 0.6 is 0 Å². The number of aryl methyl sites for hydroxylation is 1. The second-order valence-corrected chi connectivity index (χ2v) is 9.38. The van der Waals surface area contributed by atoms with Gasteiger partial charge in [0, 0.05) is 23.6 Å². The highest BCUT2D eigenvalue weighted by Gasteiger charge is 2.34. The number of fused-ring (bicyclic) bond motifs is 2. The highest BCUT2D eigenvalue weighted by Crippen LogP contribution is 2.41. The number of aromatic nitrogens is 1. The third-order valence-corrected chi connectivity index (χ3v) is 7.03. The van der Waals surface area contributed by atoms with E-state index in [4.69, 9.17) is 9.47 Å². The van der Waals surface area contributed by atoms with Crippen LogP contribution in [0.5, 0.6) is 11.5 Å². The average molecular weight is 415 g/mol. The molecule has 2 heterocycles. The van der Waals surface area contributed by atoms with Crippen molar-refractivity contribution < 1.29 is 17.9 Å². The van der Waals surface area contributed by atoms with Gasteiger partial charge in [0.25, 0.3) is 0 Å². The maximum Gasteiger partial charge on any atom is 0.211 e. The number of methoxy groups -OCH3 is 2. The van der Waals surface area contributed by atoms with Crippen LogP contribution in [0.1, 0.15) is 29.2 Å². The van der Waals surface area contributed by atoms with E-state index in [1.165, 1.54) is 17.2 Å². The Kier molecular flexibility index (Phi) is 5.27. The molecule has 0 saturated heterocycles. The maximum atomic E-state index is 12.5. The normalized spacial score (nSPS) is 17.3. The number of aromatic amines is 1. The fourth-order valence-electron chi connectivity index (χ4n) is 4.33. The monoisotopic (exact) mass is 414 g/mol. The molecule has 7 heteroatoms. The zero-order valence-electron chi connectivity index (χ0n) is 16.9. The van der Waals surface area contributed by atoms with Gasteiger partial charge in [-0.3, -0.25) is 0 Å². The fraction of sp³-hybridized carbons (Fsp3) is 0.364. The largest absolute Gasteiger partial charge is 0.493 e. The summed E-state index contributed by atoms with van der Waals surface area (Å²) in [6.45, 7) is 0.472. The number of hydrogen-bond acceptors (Lipinski definition) is 4. The Labute approximate surface area is 171 Å². The Morgan fingerprint density at radius 2 is 1.86 bits per heavy atom. The van der Waals surface area contributed by atoms with Crippen LogP contribution in [0.4, 0.5) is 0 Å². The lowest BCUT2D eigenvalue weighted by Crippen LogP contribution is -2.39. The summed E-state index contributed by atoms with van der Waals surface area (Å²) in [5, 5.41) is 1.18. The van der Waals surface area contributed by atoms with Gasteiger partial charge in [-0.05, 0) is 54.2 Å². The molecule has 0 amide bonds. The topological polar surface area (TPSA) is 71.6 Å². The van der Waals surface area contributed by atoms with E-state index in [1.54, 1.807) is 18.5 Å². The van der Waals surface area contributed by atoms with Gasteiger partial charge in [0.1, 0.15) is 0 Å². The van der Waals surface area contributed by atoms with E-state index in [2.05, 4.69) is 17.1 Å². The van der Waals surface area contributed by atoms with Crippen molar-refractivity contribution in [1.29, 1.82) is 0 Å². The smallest absolute Gasteiger partial charge is 0.211 e. The molecule has 4 rings (SSSR count). The van der Waals surface area contributed by atoms with Gasteiger partial charge in [0.05, 0.1) is 26.5 Å². The van der Waals surface area contributed by atoms with E-state index < -0.39 is 10.0 Å². The van der Waals surface area contributed by atoms with Gasteiger partial charge < -0.3 is 14.5 Å². The Hall–Kier alpha value is -2.51. The molecule has 1 aromatic heterocycles. The summed E-state index contributed by atoms with van der Waals surface area (Å²) >= 11 is 0. The number of nitrogens with one attached hydrogen (secondary N) is 1. The minimum Gasteiger partial charge on any atom is -0.493 e. The third-order valence-electron chi connectivity index (χ3n) is 5.74. The molecule has 6 nitrogen and oxygen atoms in total. The van der Waals surface area contributed by atoms with Crippen molar-refractivity contribution in [1.82, 2.24) is 9.29 Å². The lowest BCUT2D eigenvalue weighted by Gasteiger charge is -2.36. The van der Waals surface area contributed by atoms with E-state index in [1.807, 2.05) is 30.5 Å². The number of hydrogen-bond donors (Lipinski definition) is 1. The van der Waals surface area contributed by atoms with E-state index in [9.17, 15) is 8.42 Å². The molecular weight excluding hydrogens is 388 g/mol. The number of benzene rings is 2. The minimum absolute atomic E-state index is 0.234. The Balaban J connectivity index is 1.72. The predicted molar refractivity (Wildman–Crippen MR) is 114 cm³/mol. The Morgan fingerprint density at radius 1 is 1.14 bits per heavy atom. The molecule has 3 aromatic rings. The molecule has 2 aromatic carbocycles. The van der Waals surface area contributed by atoms with Gasteiger partial charge in [-0.15, -0.1) is 0 Å². The molecular formula is C22H26N2O4S. The molecule has 0 aliphatic carbocycles. The summed E-state index contributed by atoms with van der Waals surface area (Å²) in [6.07, 6.45) is 5.43. The number of rotatable bonds is 6. The van der Waals surface area contributed by atoms with Crippen LogP contribution in [0.25, 0.3) is 10.9 Å². The first kappa shape index (κ1) is 19.8. The second-order valence-electron chi connectivity index (χ2n) is 7.44. The lowest BCUT2D eigenvalue weighted by atomic mass is 9.90. The van der Waals surface area contributed by atoms with Gasteiger partial charge in [0.15, 0.2) is 11.5 Å². The van der Waals surface area contributed by atoms with Gasteiger partial charge in [-0.2, -0.15) is 4.31 Å². The number of nitrogens with zero attached hydrogens (tertiary/aromatic N) is 1. The van der Waals surface area contributed by atoms with Gasteiger partial charge in [-0.1, -0.05) is 18.2 Å². The first-order valence-electron chi connectivity index (χ1n) is 9.69. The van der Waals surface area contributed by atoms with Crippen molar-refractivity contribution in [3.8, 4) is 11.5 Å². The quantitative estimate of drug-likeness (QED) is 0.668. The van der Waals surface area contributed by atoms with E-state index in [-0.39, 0.29) is 6.04 Å².